The van der Waals surface area contributed by atoms with Gasteiger partial charge in [-0.1, -0.05) is 31.4 Å². The van der Waals surface area contributed by atoms with Crippen molar-refractivity contribution in [2.45, 2.75) is 38.0 Å². The van der Waals surface area contributed by atoms with E-state index in [9.17, 15) is 9.59 Å². The molecule has 0 bridgehead atoms. The molecule has 0 saturated carbocycles. The van der Waals surface area contributed by atoms with Crippen LogP contribution in [0.3, 0.4) is 0 Å². The van der Waals surface area contributed by atoms with E-state index in [4.69, 9.17) is 16.7 Å². The Morgan fingerprint density at radius 2 is 2.25 bits per heavy atom. The van der Waals surface area contributed by atoms with Crippen LogP contribution in [0.25, 0.3) is 0 Å². The van der Waals surface area contributed by atoms with Crippen LogP contribution in [-0.2, 0) is 15.3 Å². The Morgan fingerprint density at radius 1 is 1.50 bits per heavy atom. The maximum atomic E-state index is 11.7. The Bertz CT molecular complexity index is 451. The van der Waals surface area contributed by atoms with E-state index >= 15 is 0 Å². The van der Waals surface area contributed by atoms with Gasteiger partial charge in [-0.3, -0.25) is 4.79 Å². The average Bonchev–Trinajstić information content (AvgIpc) is 2.80. The fourth-order valence-electron chi connectivity index (χ4n) is 1.58. The summed E-state index contributed by atoms with van der Waals surface area (Å²) in [5.41, 5.74) is 0. The van der Waals surface area contributed by atoms with E-state index in [-0.39, 0.29) is 11.7 Å². The van der Waals surface area contributed by atoms with E-state index in [1.807, 2.05) is 19.1 Å². The smallest absolute Gasteiger partial charge is 0.326 e. The normalized spacial score (nSPS) is 12.1. The summed E-state index contributed by atoms with van der Waals surface area (Å²) in [4.78, 5) is 23.8. The van der Waals surface area contributed by atoms with Gasteiger partial charge in [0.15, 0.2) is 0 Å². The number of amides is 1. The SMILES string of the molecule is CCCC[C@H](NC(=O)CSCc1ccc(Cl)s1)C(=O)O. The lowest BCUT2D eigenvalue weighted by Gasteiger charge is -2.13. The molecule has 0 aliphatic rings. The number of thioether (sulfide) groups is 1. The second kappa shape index (κ2) is 9.26. The summed E-state index contributed by atoms with van der Waals surface area (Å²) >= 11 is 8.76. The van der Waals surface area contributed by atoms with Gasteiger partial charge in [-0.25, -0.2) is 4.79 Å². The predicted molar refractivity (Wildman–Crippen MR) is 84.6 cm³/mol. The van der Waals surface area contributed by atoms with Gasteiger partial charge < -0.3 is 10.4 Å². The number of hydrogen-bond donors (Lipinski definition) is 2. The van der Waals surface area contributed by atoms with E-state index in [0.29, 0.717) is 12.2 Å². The molecule has 0 aliphatic heterocycles. The number of unbranched alkanes of at least 4 members (excludes halogenated alkanes) is 1. The van der Waals surface area contributed by atoms with Crippen LogP contribution in [0.5, 0.6) is 0 Å². The van der Waals surface area contributed by atoms with Gasteiger partial charge in [0.05, 0.1) is 10.1 Å². The van der Waals surface area contributed by atoms with Crippen molar-refractivity contribution in [2.75, 3.05) is 5.75 Å². The number of carbonyl (C=O) groups is 2. The van der Waals surface area contributed by atoms with E-state index in [1.54, 1.807) is 0 Å². The van der Waals surface area contributed by atoms with Crippen molar-refractivity contribution in [3.05, 3.63) is 21.3 Å². The van der Waals surface area contributed by atoms with Gasteiger partial charge in [-0.05, 0) is 18.6 Å². The summed E-state index contributed by atoms with van der Waals surface area (Å²) in [6, 6.07) is 2.98. The number of hydrogen-bond acceptors (Lipinski definition) is 4. The standard InChI is InChI=1S/C13H18ClNO3S2/c1-2-3-4-10(13(17)18)15-12(16)8-19-7-9-5-6-11(14)20-9/h5-6,10H,2-4,7-8H2,1H3,(H,15,16)(H,17,18)/t10-/m0/s1. The Labute approximate surface area is 131 Å². The second-order valence-corrected chi connectivity index (χ2v) is 7.08. The zero-order valence-corrected chi connectivity index (χ0v) is 13.6. The third-order valence-corrected chi connectivity index (χ3v) is 4.98. The van der Waals surface area contributed by atoms with Crippen LogP contribution in [0.2, 0.25) is 4.34 Å². The number of nitrogens with one attached hydrogen (secondary N) is 1. The van der Waals surface area contributed by atoms with Crippen LogP contribution in [0.1, 0.15) is 31.1 Å². The van der Waals surface area contributed by atoms with Gasteiger partial charge in [0.25, 0.3) is 0 Å². The first-order valence-electron chi connectivity index (χ1n) is 6.37. The van der Waals surface area contributed by atoms with Crippen LogP contribution < -0.4 is 5.32 Å². The molecule has 20 heavy (non-hydrogen) atoms. The van der Waals surface area contributed by atoms with Gasteiger partial charge in [0, 0.05) is 10.6 Å². The van der Waals surface area contributed by atoms with Crippen molar-refractivity contribution in [3.8, 4) is 0 Å². The van der Waals surface area contributed by atoms with E-state index in [0.717, 1.165) is 22.1 Å². The van der Waals surface area contributed by atoms with E-state index in [2.05, 4.69) is 5.32 Å². The first-order valence-corrected chi connectivity index (χ1v) is 8.72. The molecule has 4 nitrogen and oxygen atoms in total. The molecule has 1 rings (SSSR count). The minimum absolute atomic E-state index is 0.235. The second-order valence-electron chi connectivity index (χ2n) is 4.30. The molecule has 1 aromatic heterocycles. The fourth-order valence-corrected chi connectivity index (χ4v) is 3.61. The molecule has 0 aliphatic carbocycles. The lowest BCUT2D eigenvalue weighted by atomic mass is 10.1. The van der Waals surface area contributed by atoms with Crippen LogP contribution in [0.15, 0.2) is 12.1 Å². The summed E-state index contributed by atoms with van der Waals surface area (Å²) in [5.74, 6) is -0.244. The van der Waals surface area contributed by atoms with Gasteiger partial charge in [-0.2, -0.15) is 0 Å². The van der Waals surface area contributed by atoms with Crippen molar-refractivity contribution < 1.29 is 14.7 Å². The highest BCUT2D eigenvalue weighted by molar-refractivity contribution is 7.99. The quantitative estimate of drug-likeness (QED) is 0.726. The highest BCUT2D eigenvalue weighted by atomic mass is 35.5. The Hall–Kier alpha value is -0.720. The van der Waals surface area contributed by atoms with Crippen molar-refractivity contribution in [2.24, 2.45) is 0 Å². The highest BCUT2D eigenvalue weighted by Gasteiger charge is 2.18. The summed E-state index contributed by atoms with van der Waals surface area (Å²) in [6.45, 7) is 1.99. The van der Waals surface area contributed by atoms with Crippen LogP contribution in [-0.4, -0.2) is 28.8 Å². The van der Waals surface area contributed by atoms with Gasteiger partial charge in [-0.15, -0.1) is 23.1 Å². The summed E-state index contributed by atoms with van der Waals surface area (Å²) < 4.78 is 0.732. The minimum atomic E-state index is -0.971. The number of carboxylic acids is 1. The molecule has 1 atom stereocenters. The number of carboxylic acid groups (broad SMARTS) is 1. The molecule has 0 spiro atoms. The molecule has 0 fully saturated rings. The number of carbonyl (C=O) groups excluding carboxylic acids is 1. The van der Waals surface area contributed by atoms with Crippen molar-refractivity contribution in [3.63, 3.8) is 0 Å². The Kier molecular flexibility index (Phi) is 8.02. The zero-order valence-electron chi connectivity index (χ0n) is 11.2. The molecular formula is C13H18ClNO3S2. The molecule has 0 saturated heterocycles. The maximum absolute atomic E-state index is 11.7. The number of halogens is 1. The molecule has 1 heterocycles. The minimum Gasteiger partial charge on any atom is -0.480 e. The van der Waals surface area contributed by atoms with Crippen LogP contribution in [0, 0.1) is 0 Å². The zero-order chi connectivity index (χ0) is 15.0. The molecule has 7 heteroatoms. The van der Waals surface area contributed by atoms with Crippen molar-refractivity contribution in [1.82, 2.24) is 5.32 Å². The third kappa shape index (κ3) is 6.63. The summed E-state index contributed by atoms with van der Waals surface area (Å²) in [7, 11) is 0. The van der Waals surface area contributed by atoms with Crippen molar-refractivity contribution in [1.29, 1.82) is 0 Å². The maximum Gasteiger partial charge on any atom is 0.326 e. The van der Waals surface area contributed by atoms with Gasteiger partial charge in [0.2, 0.25) is 5.91 Å². The molecule has 2 N–H and O–H groups in total. The topological polar surface area (TPSA) is 66.4 Å². The molecular weight excluding hydrogens is 318 g/mol. The van der Waals surface area contributed by atoms with Gasteiger partial charge in [0.1, 0.15) is 6.04 Å². The summed E-state index contributed by atoms with van der Waals surface area (Å²) in [6.07, 6.45) is 2.17. The Morgan fingerprint density at radius 3 is 2.80 bits per heavy atom. The molecule has 0 aromatic carbocycles. The summed E-state index contributed by atoms with van der Waals surface area (Å²) in [5, 5.41) is 11.6. The van der Waals surface area contributed by atoms with E-state index < -0.39 is 12.0 Å². The first-order chi connectivity index (χ1) is 9.52. The predicted octanol–water partition coefficient (Wildman–Crippen LogP) is 3.39. The lowest BCUT2D eigenvalue weighted by molar-refractivity contribution is -0.141. The molecule has 0 unspecified atom stereocenters. The Balaban J connectivity index is 2.28. The van der Waals surface area contributed by atoms with E-state index in [1.165, 1.54) is 23.1 Å². The molecule has 1 amide bonds. The highest BCUT2D eigenvalue weighted by Crippen LogP contribution is 2.24. The molecule has 0 radical (unpaired) electrons. The fraction of sp³-hybridized carbons (Fsp3) is 0.538. The molecule has 112 valence electrons. The molecule has 1 aromatic rings. The number of rotatable bonds is 9. The van der Waals surface area contributed by atoms with Crippen LogP contribution >= 0.6 is 34.7 Å². The third-order valence-electron chi connectivity index (χ3n) is 2.59. The van der Waals surface area contributed by atoms with Crippen LogP contribution in [0.4, 0.5) is 0 Å². The lowest BCUT2D eigenvalue weighted by Crippen LogP contribution is -2.41. The van der Waals surface area contributed by atoms with Gasteiger partial charge >= 0.3 is 5.97 Å². The average molecular weight is 336 g/mol. The first kappa shape index (κ1) is 17.3. The number of aliphatic carboxylic acids is 1. The van der Waals surface area contributed by atoms with Crippen molar-refractivity contribution >= 4 is 46.6 Å². The largest absolute Gasteiger partial charge is 0.480 e. The monoisotopic (exact) mass is 335 g/mol. The number of thiophene rings is 1.